The Kier molecular flexibility index (Phi) is 7.76. The van der Waals surface area contributed by atoms with Gasteiger partial charge in [-0.05, 0) is 69.2 Å². The molecule has 10 heteroatoms. The molecule has 0 unspecified atom stereocenters. The van der Waals surface area contributed by atoms with Crippen molar-refractivity contribution >= 4 is 28.0 Å². The first-order valence-corrected chi connectivity index (χ1v) is 10.9. The third-order valence-corrected chi connectivity index (χ3v) is 5.53. The van der Waals surface area contributed by atoms with Crippen molar-refractivity contribution in [2.75, 3.05) is 6.54 Å². The summed E-state index contributed by atoms with van der Waals surface area (Å²) in [6.07, 6.45) is -1.21. The number of rotatable bonds is 7. The van der Waals surface area contributed by atoms with Gasteiger partial charge in [0.15, 0.2) is 6.10 Å². The topological polar surface area (TPSA) is 128 Å². The number of nitrogens with one attached hydrogen (secondary N) is 2. The van der Waals surface area contributed by atoms with Gasteiger partial charge >= 0.3 is 22.1 Å². The van der Waals surface area contributed by atoms with E-state index < -0.39 is 34.1 Å². The van der Waals surface area contributed by atoms with Crippen molar-refractivity contribution in [3.05, 3.63) is 59.2 Å². The van der Waals surface area contributed by atoms with Crippen LogP contribution >= 0.6 is 0 Å². The Bertz CT molecular complexity index is 1080. The molecule has 0 aliphatic rings. The molecular formula is C21H24N2O7S. The first-order valence-electron chi connectivity index (χ1n) is 9.45. The Labute approximate surface area is 180 Å². The van der Waals surface area contributed by atoms with Crippen LogP contribution in [0, 0.1) is 13.8 Å². The second kappa shape index (κ2) is 10.1. The highest BCUT2D eigenvalue weighted by Crippen LogP contribution is 2.23. The second-order valence-electron chi connectivity index (χ2n) is 6.73. The number of esters is 1. The predicted molar refractivity (Wildman–Crippen MR) is 112 cm³/mol. The van der Waals surface area contributed by atoms with Crippen LogP contribution in [0.3, 0.4) is 0 Å². The Morgan fingerprint density at radius 1 is 1.03 bits per heavy atom. The Morgan fingerprint density at radius 3 is 2.29 bits per heavy atom. The molecule has 0 heterocycles. The average Bonchev–Trinajstić information content (AvgIpc) is 2.70. The fraction of sp³-hybridized carbons (Fsp3) is 0.286. The second-order valence-corrected chi connectivity index (χ2v) is 8.24. The molecule has 0 bridgehead atoms. The molecule has 0 saturated carbocycles. The van der Waals surface area contributed by atoms with Gasteiger partial charge in [0.05, 0.1) is 5.56 Å². The molecule has 2 rings (SSSR count). The minimum Gasteiger partial charge on any atom is -0.449 e. The maximum atomic E-state index is 12.6. The fourth-order valence-electron chi connectivity index (χ4n) is 2.50. The predicted octanol–water partition coefficient (Wildman–Crippen LogP) is 2.46. The van der Waals surface area contributed by atoms with E-state index in [4.69, 9.17) is 8.92 Å². The van der Waals surface area contributed by atoms with Gasteiger partial charge in [-0.15, -0.1) is 0 Å². The lowest BCUT2D eigenvalue weighted by molar-refractivity contribution is -0.127. The van der Waals surface area contributed by atoms with E-state index in [0.717, 1.165) is 5.56 Å². The maximum absolute atomic E-state index is 12.6. The van der Waals surface area contributed by atoms with Gasteiger partial charge < -0.3 is 14.2 Å². The molecule has 166 valence electrons. The third kappa shape index (κ3) is 6.54. The van der Waals surface area contributed by atoms with Crippen LogP contribution in [0.5, 0.6) is 5.75 Å². The van der Waals surface area contributed by atoms with Crippen LogP contribution in [0.15, 0.2) is 47.4 Å². The summed E-state index contributed by atoms with van der Waals surface area (Å²) in [7, 11) is -4.05. The van der Waals surface area contributed by atoms with E-state index >= 15 is 0 Å². The summed E-state index contributed by atoms with van der Waals surface area (Å²) in [6.45, 7) is 6.78. The standard InChI is InChI=1S/C21H24N2O7S/c1-5-22-21(26)23-19(24)15(4)29-20(25)16-8-10-17(11-9-16)30-31(27,28)18-12-13(2)6-7-14(18)3/h6-12,15H,5H2,1-4H3,(H2,22,23,24,26)/t15-/m0/s1. The number of aryl methyl sites for hydroxylation is 2. The molecule has 0 saturated heterocycles. The Hall–Kier alpha value is -3.40. The van der Waals surface area contributed by atoms with Crippen molar-refractivity contribution in [3.8, 4) is 5.75 Å². The smallest absolute Gasteiger partial charge is 0.339 e. The van der Waals surface area contributed by atoms with Gasteiger partial charge in [-0.25, -0.2) is 9.59 Å². The summed E-state index contributed by atoms with van der Waals surface area (Å²) in [6, 6.07) is 9.54. The van der Waals surface area contributed by atoms with Crippen molar-refractivity contribution in [3.63, 3.8) is 0 Å². The summed E-state index contributed by atoms with van der Waals surface area (Å²) in [4.78, 5) is 35.5. The lowest BCUT2D eigenvalue weighted by atomic mass is 10.2. The van der Waals surface area contributed by atoms with Crippen molar-refractivity contribution in [2.45, 2.75) is 38.7 Å². The van der Waals surface area contributed by atoms with E-state index in [-0.39, 0.29) is 16.2 Å². The van der Waals surface area contributed by atoms with Gasteiger partial charge in [0.2, 0.25) is 0 Å². The van der Waals surface area contributed by atoms with Crippen LogP contribution in [-0.4, -0.2) is 39.0 Å². The molecule has 0 radical (unpaired) electrons. The molecule has 0 aliphatic heterocycles. The maximum Gasteiger partial charge on any atom is 0.339 e. The first-order chi connectivity index (χ1) is 14.5. The average molecular weight is 448 g/mol. The van der Waals surface area contributed by atoms with Gasteiger partial charge in [0, 0.05) is 6.54 Å². The molecular weight excluding hydrogens is 424 g/mol. The molecule has 2 aromatic rings. The number of carbonyl (C=O) groups is 3. The largest absolute Gasteiger partial charge is 0.449 e. The highest BCUT2D eigenvalue weighted by atomic mass is 32.2. The molecule has 2 N–H and O–H groups in total. The molecule has 1 atom stereocenters. The van der Waals surface area contributed by atoms with Gasteiger partial charge in [-0.3, -0.25) is 10.1 Å². The lowest BCUT2D eigenvalue weighted by Crippen LogP contribution is -2.44. The minimum atomic E-state index is -4.05. The molecule has 9 nitrogen and oxygen atoms in total. The number of imide groups is 1. The van der Waals surface area contributed by atoms with Crippen molar-refractivity contribution < 1.29 is 31.7 Å². The molecule has 0 aliphatic carbocycles. The van der Waals surface area contributed by atoms with Crippen LogP contribution in [0.25, 0.3) is 0 Å². The van der Waals surface area contributed by atoms with Gasteiger partial charge in [0.1, 0.15) is 10.6 Å². The van der Waals surface area contributed by atoms with Gasteiger partial charge in [0.25, 0.3) is 5.91 Å². The van der Waals surface area contributed by atoms with Crippen LogP contribution in [-0.2, 0) is 19.6 Å². The minimum absolute atomic E-state index is 0.0134. The van der Waals surface area contributed by atoms with E-state index in [2.05, 4.69) is 5.32 Å². The zero-order valence-corrected chi connectivity index (χ0v) is 18.4. The number of carbonyl (C=O) groups excluding carboxylic acids is 3. The lowest BCUT2D eigenvalue weighted by Gasteiger charge is -2.13. The van der Waals surface area contributed by atoms with Crippen molar-refractivity contribution in [1.29, 1.82) is 0 Å². The van der Waals surface area contributed by atoms with Crippen LogP contribution in [0.4, 0.5) is 4.79 Å². The van der Waals surface area contributed by atoms with E-state index in [9.17, 15) is 22.8 Å². The summed E-state index contributed by atoms with van der Waals surface area (Å²) in [5, 5.41) is 4.43. The van der Waals surface area contributed by atoms with E-state index in [1.165, 1.54) is 37.3 Å². The molecule has 2 aromatic carbocycles. The number of hydrogen-bond acceptors (Lipinski definition) is 7. The van der Waals surface area contributed by atoms with Crippen LogP contribution in [0.2, 0.25) is 0 Å². The SMILES string of the molecule is CCNC(=O)NC(=O)[C@H](C)OC(=O)c1ccc(OS(=O)(=O)c2cc(C)ccc2C)cc1. The molecule has 31 heavy (non-hydrogen) atoms. The summed E-state index contributed by atoms with van der Waals surface area (Å²) < 4.78 is 35.3. The zero-order chi connectivity index (χ0) is 23.2. The van der Waals surface area contributed by atoms with Crippen LogP contribution < -0.4 is 14.8 Å². The molecule has 0 fully saturated rings. The number of ether oxygens (including phenoxy) is 1. The number of benzene rings is 2. The van der Waals surface area contributed by atoms with Crippen molar-refractivity contribution in [1.82, 2.24) is 10.6 Å². The van der Waals surface area contributed by atoms with Gasteiger partial charge in [-0.2, -0.15) is 8.42 Å². The number of urea groups is 1. The van der Waals surface area contributed by atoms with Gasteiger partial charge in [-0.1, -0.05) is 12.1 Å². The summed E-state index contributed by atoms with van der Waals surface area (Å²) >= 11 is 0. The molecule has 3 amide bonds. The number of amides is 3. The molecule has 0 aromatic heterocycles. The fourth-order valence-corrected chi connectivity index (χ4v) is 3.74. The first kappa shape index (κ1) is 23.9. The molecule has 0 spiro atoms. The third-order valence-electron chi connectivity index (χ3n) is 4.14. The van der Waals surface area contributed by atoms with Crippen LogP contribution in [0.1, 0.15) is 35.3 Å². The zero-order valence-electron chi connectivity index (χ0n) is 17.6. The quantitative estimate of drug-likeness (QED) is 0.492. The number of hydrogen-bond donors (Lipinski definition) is 2. The van der Waals surface area contributed by atoms with E-state index in [1.807, 2.05) is 5.32 Å². The van der Waals surface area contributed by atoms with E-state index in [1.54, 1.807) is 32.9 Å². The highest BCUT2D eigenvalue weighted by molar-refractivity contribution is 7.87. The Morgan fingerprint density at radius 2 is 1.68 bits per heavy atom. The highest BCUT2D eigenvalue weighted by Gasteiger charge is 2.22. The summed E-state index contributed by atoms with van der Waals surface area (Å²) in [5.74, 6) is -1.58. The summed E-state index contributed by atoms with van der Waals surface area (Å²) in [5.41, 5.74) is 1.40. The normalized spacial score (nSPS) is 11.9. The Balaban J connectivity index is 2.04. The van der Waals surface area contributed by atoms with Crippen molar-refractivity contribution in [2.24, 2.45) is 0 Å². The van der Waals surface area contributed by atoms with E-state index in [0.29, 0.717) is 12.1 Å². The monoisotopic (exact) mass is 448 g/mol.